The van der Waals surface area contributed by atoms with Crippen LogP contribution in [-0.4, -0.2) is 18.0 Å². The van der Waals surface area contributed by atoms with Gasteiger partial charge < -0.3 is 15.4 Å². The average molecular weight is 382 g/mol. The summed E-state index contributed by atoms with van der Waals surface area (Å²) in [6, 6.07) is 18.2. The number of rotatable bonds is 7. The second kappa shape index (κ2) is 10.9. The quantitative estimate of drug-likeness (QED) is 0.752. The molecule has 150 valence electrons. The number of anilines is 1. The molecular weight excluding hydrogens is 348 g/mol. The molecule has 1 atom stereocenters. The van der Waals surface area contributed by atoms with Gasteiger partial charge in [0, 0.05) is 5.69 Å². The first-order chi connectivity index (χ1) is 13.7. The van der Waals surface area contributed by atoms with Gasteiger partial charge in [0.2, 0.25) is 0 Å². The molecule has 1 fully saturated rings. The maximum atomic E-state index is 12.6. The first-order valence-electron chi connectivity index (χ1n) is 10.6. The second-order valence-corrected chi connectivity index (χ2v) is 7.87. The highest BCUT2D eigenvalue weighted by molar-refractivity contribution is 5.93. The maximum absolute atomic E-state index is 12.6. The van der Waals surface area contributed by atoms with E-state index in [0.717, 1.165) is 17.0 Å². The van der Waals surface area contributed by atoms with Gasteiger partial charge in [-0.1, -0.05) is 49.6 Å². The molecule has 1 aliphatic carbocycles. The molecule has 0 unspecified atom stereocenters. The van der Waals surface area contributed by atoms with Crippen LogP contribution in [0.15, 0.2) is 54.6 Å². The van der Waals surface area contributed by atoms with E-state index in [2.05, 4.69) is 10.6 Å². The van der Waals surface area contributed by atoms with Crippen molar-refractivity contribution in [2.24, 2.45) is 0 Å². The van der Waals surface area contributed by atoms with E-state index in [0.29, 0.717) is 12.6 Å². The Morgan fingerprint density at radius 2 is 1.64 bits per heavy atom. The minimum atomic E-state index is -0.0709. The lowest BCUT2D eigenvalue weighted by molar-refractivity contribution is -0.707. The smallest absolute Gasteiger partial charge is 0.282 e. The van der Waals surface area contributed by atoms with Crippen LogP contribution >= 0.6 is 0 Å². The molecule has 28 heavy (non-hydrogen) atoms. The molecule has 0 saturated heterocycles. The summed E-state index contributed by atoms with van der Waals surface area (Å²) in [5.74, 6) is 0.871. The Labute approximate surface area is 168 Å². The molecule has 0 bridgehead atoms. The summed E-state index contributed by atoms with van der Waals surface area (Å²) in [5.41, 5.74) is 1.95. The predicted molar refractivity (Wildman–Crippen MR) is 113 cm³/mol. The van der Waals surface area contributed by atoms with Crippen molar-refractivity contribution >= 4 is 11.6 Å². The fraction of sp³-hybridized carbons (Fsp3) is 0.458. The van der Waals surface area contributed by atoms with Crippen LogP contribution < -0.4 is 15.4 Å². The van der Waals surface area contributed by atoms with Crippen LogP contribution in [-0.2, 0) is 11.4 Å². The van der Waals surface area contributed by atoms with Gasteiger partial charge in [0.25, 0.3) is 5.91 Å². The van der Waals surface area contributed by atoms with E-state index in [1.807, 2.05) is 61.5 Å². The van der Waals surface area contributed by atoms with Crippen molar-refractivity contribution in [1.29, 1.82) is 0 Å². The van der Waals surface area contributed by atoms with Crippen molar-refractivity contribution in [2.45, 2.75) is 70.6 Å². The highest BCUT2D eigenvalue weighted by Gasteiger charge is 2.22. The van der Waals surface area contributed by atoms with Crippen LogP contribution in [0.5, 0.6) is 5.75 Å². The summed E-state index contributed by atoms with van der Waals surface area (Å²) in [6.07, 6.45) is 9.08. The number of amides is 1. The molecule has 4 heteroatoms. The van der Waals surface area contributed by atoms with Crippen LogP contribution in [0.2, 0.25) is 0 Å². The van der Waals surface area contributed by atoms with Gasteiger partial charge in [-0.25, -0.2) is 0 Å². The fourth-order valence-electron chi connectivity index (χ4n) is 3.81. The maximum Gasteiger partial charge on any atom is 0.282 e. The zero-order valence-electron chi connectivity index (χ0n) is 16.9. The number of carbonyl (C=O) groups is 1. The minimum Gasteiger partial charge on any atom is -0.489 e. The number of hydrogen-bond donors (Lipinski definition) is 2. The first-order valence-corrected chi connectivity index (χ1v) is 10.6. The van der Waals surface area contributed by atoms with E-state index in [9.17, 15) is 4.79 Å². The van der Waals surface area contributed by atoms with Gasteiger partial charge in [0.15, 0.2) is 6.04 Å². The molecule has 1 amide bonds. The molecule has 2 aromatic rings. The van der Waals surface area contributed by atoms with E-state index < -0.39 is 0 Å². The molecule has 0 heterocycles. The third-order valence-electron chi connectivity index (χ3n) is 5.49. The van der Waals surface area contributed by atoms with Crippen LogP contribution in [0.1, 0.15) is 57.4 Å². The molecule has 3 N–H and O–H groups in total. The average Bonchev–Trinajstić information content (AvgIpc) is 2.70. The Morgan fingerprint density at radius 3 is 2.32 bits per heavy atom. The van der Waals surface area contributed by atoms with Crippen molar-refractivity contribution in [1.82, 2.24) is 0 Å². The zero-order valence-corrected chi connectivity index (χ0v) is 16.9. The fourth-order valence-corrected chi connectivity index (χ4v) is 3.81. The van der Waals surface area contributed by atoms with Crippen molar-refractivity contribution in [3.05, 3.63) is 60.2 Å². The Kier molecular flexibility index (Phi) is 7.92. The number of quaternary nitrogens is 1. The van der Waals surface area contributed by atoms with Crippen LogP contribution in [0, 0.1) is 0 Å². The highest BCUT2D eigenvalue weighted by Crippen LogP contribution is 2.18. The summed E-state index contributed by atoms with van der Waals surface area (Å²) < 4.78 is 5.80. The summed E-state index contributed by atoms with van der Waals surface area (Å²) in [6.45, 7) is 2.55. The molecule has 0 spiro atoms. The number of carbonyl (C=O) groups excluding carboxylic acids is 1. The molecule has 0 radical (unpaired) electrons. The Hall–Kier alpha value is -2.33. The SMILES string of the molecule is C[C@H]([NH2+]C1CCCCCCC1)C(=O)Nc1ccc(OCc2ccccc2)cc1. The van der Waals surface area contributed by atoms with Crippen LogP contribution in [0.3, 0.4) is 0 Å². The summed E-state index contributed by atoms with van der Waals surface area (Å²) in [5, 5.41) is 5.30. The third-order valence-corrected chi connectivity index (χ3v) is 5.49. The van der Waals surface area contributed by atoms with Gasteiger partial charge in [-0.3, -0.25) is 4.79 Å². The number of ether oxygens (including phenoxy) is 1. The molecule has 1 aliphatic rings. The van der Waals surface area contributed by atoms with E-state index in [-0.39, 0.29) is 11.9 Å². The Balaban J connectivity index is 1.45. The lowest BCUT2D eigenvalue weighted by Crippen LogP contribution is -2.96. The van der Waals surface area contributed by atoms with Crippen molar-refractivity contribution in [3.8, 4) is 5.75 Å². The number of nitrogens with two attached hydrogens (primary N) is 1. The molecule has 2 aromatic carbocycles. The monoisotopic (exact) mass is 381 g/mol. The van der Waals surface area contributed by atoms with E-state index in [1.165, 1.54) is 44.9 Å². The molecule has 0 aliphatic heterocycles. The molecule has 4 nitrogen and oxygen atoms in total. The number of benzene rings is 2. The summed E-state index contributed by atoms with van der Waals surface area (Å²) >= 11 is 0. The second-order valence-electron chi connectivity index (χ2n) is 7.87. The first kappa shape index (κ1) is 20.4. The topological polar surface area (TPSA) is 54.9 Å². The van der Waals surface area contributed by atoms with E-state index in [4.69, 9.17) is 4.74 Å². The normalized spacial score (nSPS) is 16.6. The predicted octanol–water partition coefficient (Wildman–Crippen LogP) is 4.27. The lowest BCUT2D eigenvalue weighted by atomic mass is 9.96. The molecule has 1 saturated carbocycles. The van der Waals surface area contributed by atoms with E-state index >= 15 is 0 Å². The van der Waals surface area contributed by atoms with Gasteiger partial charge in [0.05, 0.1) is 6.04 Å². The van der Waals surface area contributed by atoms with Crippen molar-refractivity contribution in [3.63, 3.8) is 0 Å². The Bertz CT molecular complexity index is 707. The van der Waals surface area contributed by atoms with Gasteiger partial charge >= 0.3 is 0 Å². The van der Waals surface area contributed by atoms with Gasteiger partial charge in [-0.2, -0.15) is 0 Å². The lowest BCUT2D eigenvalue weighted by Gasteiger charge is -2.21. The summed E-state index contributed by atoms with van der Waals surface area (Å²) in [4.78, 5) is 12.6. The van der Waals surface area contributed by atoms with Crippen molar-refractivity contribution < 1.29 is 14.8 Å². The van der Waals surface area contributed by atoms with Gasteiger partial charge in [-0.15, -0.1) is 0 Å². The summed E-state index contributed by atoms with van der Waals surface area (Å²) in [7, 11) is 0. The third kappa shape index (κ3) is 6.68. The van der Waals surface area contributed by atoms with Gasteiger partial charge in [-0.05, 0) is 62.4 Å². The molecule has 0 aromatic heterocycles. The van der Waals surface area contributed by atoms with Gasteiger partial charge in [0.1, 0.15) is 12.4 Å². The van der Waals surface area contributed by atoms with Crippen LogP contribution in [0.25, 0.3) is 0 Å². The van der Waals surface area contributed by atoms with Crippen molar-refractivity contribution in [2.75, 3.05) is 5.32 Å². The van der Waals surface area contributed by atoms with Crippen LogP contribution in [0.4, 0.5) is 5.69 Å². The number of nitrogens with one attached hydrogen (secondary N) is 1. The Morgan fingerprint density at radius 1 is 1.00 bits per heavy atom. The molecular formula is C24H33N2O2+. The standard InChI is InChI=1S/C24H32N2O2/c1-19(25-21-12-8-3-2-4-9-13-21)24(27)26-22-14-16-23(17-15-22)28-18-20-10-6-5-7-11-20/h5-7,10-11,14-17,19,21,25H,2-4,8-9,12-13,18H2,1H3,(H,26,27)/p+1/t19-/m0/s1. The van der Waals surface area contributed by atoms with E-state index in [1.54, 1.807) is 0 Å². The zero-order chi connectivity index (χ0) is 19.6. The number of hydrogen-bond acceptors (Lipinski definition) is 2. The largest absolute Gasteiger partial charge is 0.489 e. The molecule has 3 rings (SSSR count). The highest BCUT2D eigenvalue weighted by atomic mass is 16.5. The minimum absolute atomic E-state index is 0.0695.